The van der Waals surface area contributed by atoms with Crippen LogP contribution in [0.2, 0.25) is 0 Å². The van der Waals surface area contributed by atoms with Crippen LogP contribution in [0, 0.1) is 5.41 Å². The van der Waals surface area contributed by atoms with Gasteiger partial charge in [0.25, 0.3) is 0 Å². The van der Waals surface area contributed by atoms with E-state index in [0.29, 0.717) is 22.0 Å². The van der Waals surface area contributed by atoms with Crippen molar-refractivity contribution >= 4 is 11.9 Å². The molecule has 4 unspecified atom stereocenters. The Morgan fingerprint density at radius 3 is 1.76 bits per heavy atom. The fourth-order valence-corrected chi connectivity index (χ4v) is 3.44. The van der Waals surface area contributed by atoms with Gasteiger partial charge in [-0.1, -0.05) is 40.5 Å². The zero-order valence-corrected chi connectivity index (χ0v) is 22.8. The molecule has 0 aromatic carbocycles. The molecule has 0 aliphatic carbocycles. The van der Waals surface area contributed by atoms with E-state index in [4.69, 9.17) is 9.47 Å². The van der Waals surface area contributed by atoms with Crippen molar-refractivity contribution in [1.82, 2.24) is 14.1 Å². The lowest BCUT2D eigenvalue weighted by molar-refractivity contribution is -0.182. The SMILES string of the molecule is CCC(C)(CC)CC(O)Cn1c(=O)[nH]c(=O)n(CC(O)COC(=O)C(O)C(O)C(=O)OC(C)(C)CC)c1=O. The maximum Gasteiger partial charge on any atom is 0.338 e. The molecule has 0 aliphatic heterocycles. The smallest absolute Gasteiger partial charge is 0.338 e. The number of nitrogens with one attached hydrogen (secondary N) is 1. The third kappa shape index (κ3) is 9.19. The minimum atomic E-state index is -2.31. The van der Waals surface area contributed by atoms with Crippen LogP contribution in [0.4, 0.5) is 0 Å². The molecule has 0 bridgehead atoms. The largest absolute Gasteiger partial charge is 0.461 e. The van der Waals surface area contributed by atoms with Gasteiger partial charge in [-0.15, -0.1) is 0 Å². The van der Waals surface area contributed by atoms with E-state index in [2.05, 4.69) is 0 Å². The van der Waals surface area contributed by atoms with Crippen LogP contribution in [-0.4, -0.2) is 83.1 Å². The van der Waals surface area contributed by atoms with Gasteiger partial charge in [0.2, 0.25) is 0 Å². The summed E-state index contributed by atoms with van der Waals surface area (Å²) in [5.74, 6) is -2.70. The summed E-state index contributed by atoms with van der Waals surface area (Å²) in [6.07, 6.45) is -5.02. The number of hydrogen-bond acceptors (Lipinski definition) is 11. The molecule has 4 atom stereocenters. The van der Waals surface area contributed by atoms with Crippen LogP contribution in [0.1, 0.15) is 67.2 Å². The molecular weight excluding hydrogens is 506 g/mol. The number of aliphatic hydroxyl groups excluding tert-OH is 4. The van der Waals surface area contributed by atoms with Gasteiger partial charge in [-0.3, -0.25) is 4.98 Å². The van der Waals surface area contributed by atoms with E-state index in [9.17, 15) is 44.4 Å². The van der Waals surface area contributed by atoms with Crippen LogP contribution in [-0.2, 0) is 32.2 Å². The average molecular weight is 548 g/mol. The summed E-state index contributed by atoms with van der Waals surface area (Å²) < 4.78 is 10.9. The lowest BCUT2D eigenvalue weighted by Crippen LogP contribution is -2.52. The van der Waals surface area contributed by atoms with Crippen molar-refractivity contribution in [1.29, 1.82) is 0 Å². The van der Waals surface area contributed by atoms with Crippen LogP contribution in [0.3, 0.4) is 0 Å². The van der Waals surface area contributed by atoms with Crippen LogP contribution in [0.5, 0.6) is 0 Å². The van der Waals surface area contributed by atoms with Crippen molar-refractivity contribution < 1.29 is 39.5 Å². The van der Waals surface area contributed by atoms with Crippen LogP contribution < -0.4 is 17.1 Å². The van der Waals surface area contributed by atoms with E-state index in [1.807, 2.05) is 25.8 Å². The maximum absolute atomic E-state index is 12.8. The van der Waals surface area contributed by atoms with Gasteiger partial charge in [0.1, 0.15) is 18.3 Å². The third-order valence-corrected chi connectivity index (χ3v) is 6.82. The highest BCUT2D eigenvalue weighted by molar-refractivity contribution is 5.85. The summed E-state index contributed by atoms with van der Waals surface area (Å²) >= 11 is 0. The first-order chi connectivity index (χ1) is 17.5. The lowest BCUT2D eigenvalue weighted by Gasteiger charge is -2.29. The molecule has 0 radical (unpaired) electrons. The fraction of sp³-hybridized carbons (Fsp3) is 0.792. The number of H-pyrrole nitrogens is 1. The molecule has 14 heteroatoms. The Kier molecular flexibility index (Phi) is 12.1. The molecule has 0 saturated heterocycles. The van der Waals surface area contributed by atoms with E-state index in [-0.39, 0.29) is 12.0 Å². The molecule has 0 saturated carbocycles. The predicted molar refractivity (Wildman–Crippen MR) is 134 cm³/mol. The summed E-state index contributed by atoms with van der Waals surface area (Å²) in [5.41, 5.74) is -4.41. The van der Waals surface area contributed by atoms with Crippen LogP contribution in [0.15, 0.2) is 14.4 Å². The lowest BCUT2D eigenvalue weighted by atomic mass is 9.79. The number of carbonyl (C=O) groups is 2. The van der Waals surface area contributed by atoms with E-state index in [1.54, 1.807) is 20.8 Å². The number of aromatic amines is 1. The summed E-state index contributed by atoms with van der Waals surface area (Å²) in [7, 11) is 0. The van der Waals surface area contributed by atoms with Gasteiger partial charge in [-0.2, -0.15) is 0 Å². The number of nitrogens with zero attached hydrogens (tertiary/aromatic N) is 2. The van der Waals surface area contributed by atoms with Gasteiger partial charge in [0.05, 0.1) is 19.2 Å². The van der Waals surface area contributed by atoms with Gasteiger partial charge < -0.3 is 29.9 Å². The van der Waals surface area contributed by atoms with E-state index < -0.39 is 72.2 Å². The highest BCUT2D eigenvalue weighted by Crippen LogP contribution is 2.31. The van der Waals surface area contributed by atoms with Gasteiger partial charge in [0.15, 0.2) is 12.2 Å². The molecule has 0 amide bonds. The number of hydrogen-bond donors (Lipinski definition) is 5. The Balaban J connectivity index is 2.89. The van der Waals surface area contributed by atoms with Gasteiger partial charge >= 0.3 is 29.0 Å². The summed E-state index contributed by atoms with van der Waals surface area (Å²) in [6.45, 7) is 8.84. The number of rotatable bonds is 15. The highest BCUT2D eigenvalue weighted by atomic mass is 16.6. The Hall–Kier alpha value is -2.81. The Bertz CT molecular complexity index is 1120. The first-order valence-corrected chi connectivity index (χ1v) is 12.6. The fourth-order valence-electron chi connectivity index (χ4n) is 3.44. The monoisotopic (exact) mass is 547 g/mol. The van der Waals surface area contributed by atoms with Crippen molar-refractivity contribution in [2.75, 3.05) is 6.61 Å². The normalized spacial score (nSPS) is 15.4. The van der Waals surface area contributed by atoms with Gasteiger partial charge in [0, 0.05) is 0 Å². The molecule has 1 aromatic heterocycles. The molecule has 1 heterocycles. The Labute approximate surface area is 219 Å². The minimum absolute atomic E-state index is 0.217. The molecule has 1 rings (SSSR count). The molecule has 38 heavy (non-hydrogen) atoms. The van der Waals surface area contributed by atoms with Crippen molar-refractivity contribution in [3.05, 3.63) is 31.5 Å². The zero-order chi connectivity index (χ0) is 29.4. The number of carbonyl (C=O) groups excluding carboxylic acids is 2. The number of aliphatic hydroxyl groups is 4. The van der Waals surface area contributed by atoms with Crippen molar-refractivity contribution in [3.8, 4) is 0 Å². The van der Waals surface area contributed by atoms with Crippen molar-refractivity contribution in [2.24, 2.45) is 5.41 Å². The number of esters is 2. The van der Waals surface area contributed by atoms with Crippen molar-refractivity contribution in [3.63, 3.8) is 0 Å². The Morgan fingerprint density at radius 2 is 1.29 bits per heavy atom. The first kappa shape index (κ1) is 33.2. The summed E-state index contributed by atoms with van der Waals surface area (Å²) in [6, 6.07) is 0. The molecule has 0 spiro atoms. The van der Waals surface area contributed by atoms with Crippen LogP contribution >= 0.6 is 0 Å². The quantitative estimate of drug-likeness (QED) is 0.162. The zero-order valence-electron chi connectivity index (χ0n) is 22.8. The summed E-state index contributed by atoms with van der Waals surface area (Å²) in [4.78, 5) is 63.1. The molecule has 1 aromatic rings. The maximum atomic E-state index is 12.8. The third-order valence-electron chi connectivity index (χ3n) is 6.82. The topological polar surface area (TPSA) is 210 Å². The molecule has 218 valence electrons. The molecule has 5 N–H and O–H groups in total. The molecule has 14 nitrogen and oxygen atoms in total. The molecule has 0 aliphatic rings. The predicted octanol–water partition coefficient (Wildman–Crippen LogP) is -1.37. The molecule has 0 fully saturated rings. The molecular formula is C24H41N3O11. The van der Waals surface area contributed by atoms with Crippen LogP contribution in [0.25, 0.3) is 0 Å². The highest BCUT2D eigenvalue weighted by Gasteiger charge is 2.36. The Morgan fingerprint density at radius 1 is 0.816 bits per heavy atom. The second kappa shape index (κ2) is 13.8. The first-order valence-electron chi connectivity index (χ1n) is 12.6. The van der Waals surface area contributed by atoms with E-state index in [0.717, 1.165) is 12.8 Å². The average Bonchev–Trinajstić information content (AvgIpc) is 2.86. The van der Waals surface area contributed by atoms with Gasteiger partial charge in [-0.05, 0) is 32.1 Å². The second-order valence-corrected chi connectivity index (χ2v) is 10.3. The van der Waals surface area contributed by atoms with E-state index >= 15 is 0 Å². The van der Waals surface area contributed by atoms with E-state index in [1.165, 1.54) is 0 Å². The summed E-state index contributed by atoms with van der Waals surface area (Å²) in [5, 5.41) is 40.5. The van der Waals surface area contributed by atoms with Gasteiger partial charge in [-0.25, -0.2) is 33.1 Å². The van der Waals surface area contributed by atoms with Crippen molar-refractivity contribution in [2.45, 2.75) is 110 Å². The standard InChI is InChI=1S/C24H41N3O11/c1-7-23(4,5)38-19(33)17(31)16(30)18(32)37-13-15(29)12-27-21(35)25-20(34)26(22(27)36)11-14(28)10-24(6,8-2)9-3/h14-17,28-31H,7-13H2,1-6H3,(H,25,34,35). The minimum Gasteiger partial charge on any atom is -0.461 e. The second-order valence-electron chi connectivity index (χ2n) is 10.3. The number of aromatic nitrogens is 3. The number of ether oxygens (including phenoxy) is 2.